The number of halogens is 1. The number of benzene rings is 2. The van der Waals surface area contributed by atoms with E-state index in [2.05, 4.69) is 5.32 Å². The Morgan fingerprint density at radius 1 is 1.22 bits per heavy atom. The highest BCUT2D eigenvalue weighted by Crippen LogP contribution is 2.25. The zero-order valence-electron chi connectivity index (χ0n) is 14.6. The molecule has 0 aliphatic rings. The second-order valence-corrected chi connectivity index (χ2v) is 6.47. The first kappa shape index (κ1) is 18.8. The van der Waals surface area contributed by atoms with E-state index >= 15 is 0 Å². The van der Waals surface area contributed by atoms with Crippen molar-refractivity contribution in [3.05, 3.63) is 64.9 Å². The van der Waals surface area contributed by atoms with Crippen LogP contribution in [0.25, 0.3) is 11.0 Å². The molecule has 0 saturated heterocycles. The van der Waals surface area contributed by atoms with Gasteiger partial charge in [-0.25, -0.2) is 0 Å². The van der Waals surface area contributed by atoms with Crippen molar-refractivity contribution in [3.8, 4) is 5.75 Å². The van der Waals surface area contributed by atoms with Gasteiger partial charge in [-0.15, -0.1) is 0 Å². The number of fused-ring (bicyclic) bond motifs is 1. The molecule has 0 bridgehead atoms. The molecular weight excluding hydrogens is 370 g/mol. The van der Waals surface area contributed by atoms with Crippen LogP contribution in [0.3, 0.4) is 0 Å². The minimum Gasteiger partial charge on any atom is -0.508 e. The van der Waals surface area contributed by atoms with Crippen molar-refractivity contribution in [2.75, 3.05) is 0 Å². The molecule has 1 amide bonds. The van der Waals surface area contributed by atoms with Gasteiger partial charge in [0.2, 0.25) is 0 Å². The first-order valence-corrected chi connectivity index (χ1v) is 8.71. The van der Waals surface area contributed by atoms with Crippen LogP contribution < -0.4 is 5.32 Å². The smallest absolute Gasteiger partial charge is 0.311 e. The molecule has 0 aliphatic heterocycles. The van der Waals surface area contributed by atoms with E-state index < -0.39 is 18.0 Å². The highest BCUT2D eigenvalue weighted by atomic mass is 35.5. The van der Waals surface area contributed by atoms with Gasteiger partial charge >= 0.3 is 5.97 Å². The second-order valence-electron chi connectivity index (χ2n) is 6.06. The van der Waals surface area contributed by atoms with Crippen LogP contribution in [0, 0.1) is 0 Å². The van der Waals surface area contributed by atoms with Crippen LogP contribution in [0.5, 0.6) is 5.75 Å². The van der Waals surface area contributed by atoms with E-state index in [1.807, 2.05) is 6.07 Å². The highest BCUT2D eigenvalue weighted by molar-refractivity contribution is 6.31. The first-order chi connectivity index (χ1) is 12.9. The molecule has 7 heteroatoms. The Hall–Kier alpha value is -2.99. The number of carbonyl (C=O) groups is 2. The quantitative estimate of drug-likeness (QED) is 0.631. The molecule has 2 N–H and O–H groups in total. The van der Waals surface area contributed by atoms with E-state index in [0.717, 1.165) is 5.56 Å². The Bertz CT molecular complexity index is 981. The van der Waals surface area contributed by atoms with Gasteiger partial charge in [0.25, 0.3) is 5.91 Å². The predicted molar refractivity (Wildman–Crippen MR) is 100 cm³/mol. The Morgan fingerprint density at radius 2 is 2.00 bits per heavy atom. The van der Waals surface area contributed by atoms with Crippen molar-refractivity contribution in [1.29, 1.82) is 0 Å². The monoisotopic (exact) mass is 387 g/mol. The summed E-state index contributed by atoms with van der Waals surface area (Å²) in [7, 11) is 0. The van der Waals surface area contributed by atoms with Gasteiger partial charge in [0, 0.05) is 28.6 Å². The molecule has 1 atom stereocenters. The first-order valence-electron chi connectivity index (χ1n) is 8.33. The van der Waals surface area contributed by atoms with Crippen LogP contribution in [0.2, 0.25) is 5.02 Å². The molecule has 1 aromatic heterocycles. The van der Waals surface area contributed by atoms with E-state index in [9.17, 15) is 14.7 Å². The SMILES string of the molecule is C[C@@H](OC(=O)Cc1coc2cc(O)ccc12)C(=O)NCc1ccccc1Cl. The van der Waals surface area contributed by atoms with Gasteiger partial charge in [0.1, 0.15) is 11.3 Å². The van der Waals surface area contributed by atoms with Crippen molar-refractivity contribution in [2.24, 2.45) is 0 Å². The standard InChI is InChI=1S/C20H18ClNO5/c1-12(20(25)22-10-13-4-2-3-5-17(13)21)27-19(24)8-14-11-26-18-9-15(23)6-7-16(14)18/h2-7,9,11-12,23H,8,10H2,1H3,(H,22,25)/t12-/m1/s1. The van der Waals surface area contributed by atoms with E-state index in [0.29, 0.717) is 21.6 Å². The predicted octanol–water partition coefficient (Wildman–Crippen LogP) is 3.58. The lowest BCUT2D eigenvalue weighted by molar-refractivity contribution is -0.154. The molecule has 140 valence electrons. The maximum absolute atomic E-state index is 12.1. The molecule has 27 heavy (non-hydrogen) atoms. The molecule has 0 unspecified atom stereocenters. The summed E-state index contributed by atoms with van der Waals surface area (Å²) in [5.41, 5.74) is 1.88. The summed E-state index contributed by atoms with van der Waals surface area (Å²) in [5, 5.41) is 13.4. The molecule has 3 aromatic rings. The molecule has 6 nitrogen and oxygen atoms in total. The number of rotatable bonds is 6. The maximum atomic E-state index is 12.1. The number of esters is 1. The third-order valence-corrected chi connectivity index (χ3v) is 4.43. The number of hydrogen-bond acceptors (Lipinski definition) is 5. The summed E-state index contributed by atoms with van der Waals surface area (Å²) in [4.78, 5) is 24.3. The van der Waals surface area contributed by atoms with E-state index in [1.165, 1.54) is 25.3 Å². The topological polar surface area (TPSA) is 88.8 Å². The summed E-state index contributed by atoms with van der Waals surface area (Å²) >= 11 is 6.05. The minimum atomic E-state index is -0.942. The molecule has 0 aliphatic carbocycles. The molecule has 0 spiro atoms. The lowest BCUT2D eigenvalue weighted by atomic mass is 10.1. The number of aromatic hydroxyl groups is 1. The number of carbonyl (C=O) groups excluding carboxylic acids is 2. The average molecular weight is 388 g/mol. The summed E-state index contributed by atoms with van der Waals surface area (Å²) < 4.78 is 10.5. The van der Waals surface area contributed by atoms with Crippen LogP contribution in [-0.4, -0.2) is 23.1 Å². The maximum Gasteiger partial charge on any atom is 0.311 e. The van der Waals surface area contributed by atoms with Gasteiger partial charge < -0.3 is 19.6 Å². The zero-order valence-corrected chi connectivity index (χ0v) is 15.3. The van der Waals surface area contributed by atoms with E-state index in [-0.39, 0.29) is 18.7 Å². The van der Waals surface area contributed by atoms with Gasteiger partial charge in [-0.1, -0.05) is 29.8 Å². The molecular formula is C20H18ClNO5. The van der Waals surface area contributed by atoms with Crippen molar-refractivity contribution in [1.82, 2.24) is 5.32 Å². The Morgan fingerprint density at radius 3 is 2.78 bits per heavy atom. The summed E-state index contributed by atoms with van der Waals surface area (Å²) in [5.74, 6) is -0.883. The number of phenols is 1. The highest BCUT2D eigenvalue weighted by Gasteiger charge is 2.19. The molecule has 0 fully saturated rings. The fourth-order valence-corrected chi connectivity index (χ4v) is 2.83. The van der Waals surface area contributed by atoms with Crippen molar-refractivity contribution in [2.45, 2.75) is 26.0 Å². The van der Waals surface area contributed by atoms with Crippen molar-refractivity contribution < 1.29 is 23.8 Å². The van der Waals surface area contributed by atoms with Gasteiger partial charge in [-0.2, -0.15) is 0 Å². The summed E-state index contributed by atoms with van der Waals surface area (Å²) in [6.45, 7) is 1.75. The van der Waals surface area contributed by atoms with E-state index in [1.54, 1.807) is 24.3 Å². The van der Waals surface area contributed by atoms with Crippen LogP contribution in [-0.2, 0) is 27.3 Å². The van der Waals surface area contributed by atoms with Crippen LogP contribution in [0.4, 0.5) is 0 Å². The lowest BCUT2D eigenvalue weighted by Gasteiger charge is -2.14. The lowest BCUT2D eigenvalue weighted by Crippen LogP contribution is -2.35. The van der Waals surface area contributed by atoms with Crippen molar-refractivity contribution >= 4 is 34.4 Å². The average Bonchev–Trinajstić information content (AvgIpc) is 3.02. The van der Waals surface area contributed by atoms with Gasteiger partial charge in [0.15, 0.2) is 6.10 Å². The largest absolute Gasteiger partial charge is 0.508 e. The summed E-state index contributed by atoms with van der Waals surface area (Å²) in [6, 6.07) is 11.8. The number of hydrogen-bond donors (Lipinski definition) is 2. The third-order valence-electron chi connectivity index (χ3n) is 4.06. The molecule has 1 heterocycles. The normalized spacial score (nSPS) is 11.9. The Balaban J connectivity index is 1.55. The third kappa shape index (κ3) is 4.60. The molecule has 2 aromatic carbocycles. The fourth-order valence-electron chi connectivity index (χ4n) is 2.62. The van der Waals surface area contributed by atoms with E-state index in [4.69, 9.17) is 20.8 Å². The van der Waals surface area contributed by atoms with Crippen molar-refractivity contribution in [3.63, 3.8) is 0 Å². The second kappa shape index (κ2) is 8.14. The summed E-state index contributed by atoms with van der Waals surface area (Å²) in [6.07, 6.45) is 0.454. The minimum absolute atomic E-state index is 0.0418. The van der Waals surface area contributed by atoms with Gasteiger partial charge in [-0.05, 0) is 30.7 Å². The van der Waals surface area contributed by atoms with Crippen LogP contribution >= 0.6 is 11.6 Å². The van der Waals surface area contributed by atoms with Crippen LogP contribution in [0.15, 0.2) is 53.1 Å². The van der Waals surface area contributed by atoms with Gasteiger partial charge in [-0.3, -0.25) is 9.59 Å². The molecule has 0 saturated carbocycles. The molecule has 3 rings (SSSR count). The number of nitrogens with one attached hydrogen (secondary N) is 1. The Labute approximate surface area is 160 Å². The van der Waals surface area contributed by atoms with Gasteiger partial charge in [0.05, 0.1) is 12.7 Å². The number of phenolic OH excluding ortho intramolecular Hbond substituents is 1. The zero-order chi connectivity index (χ0) is 19.4. The number of furan rings is 1. The molecule has 0 radical (unpaired) electrons. The number of ether oxygens (including phenoxy) is 1. The van der Waals surface area contributed by atoms with Crippen LogP contribution in [0.1, 0.15) is 18.1 Å². The Kier molecular flexibility index (Phi) is 5.66. The number of amides is 1. The fraction of sp³-hybridized carbons (Fsp3) is 0.200.